The number of nitrogen functional groups attached to an aromatic ring is 1. The highest BCUT2D eigenvalue weighted by atomic mass is 15.0. The minimum Gasteiger partial charge on any atom is -0.384 e. The first-order valence-corrected chi connectivity index (χ1v) is 4.09. The Kier molecular flexibility index (Phi) is 1.51. The fraction of sp³-hybridized carbons (Fsp3) is 0.500. The van der Waals surface area contributed by atoms with Gasteiger partial charge in [-0.25, -0.2) is 9.97 Å². The Labute approximate surface area is 71.0 Å². The quantitative estimate of drug-likeness (QED) is 0.629. The fourth-order valence-corrected chi connectivity index (χ4v) is 1.39. The maximum absolute atomic E-state index is 6.01. The molecule has 0 aromatic carbocycles. The van der Waals surface area contributed by atoms with Gasteiger partial charge in [-0.05, 0) is 25.3 Å². The molecule has 1 aromatic heterocycles. The maximum Gasteiger partial charge on any atom is 0.150 e. The van der Waals surface area contributed by atoms with Gasteiger partial charge in [-0.3, -0.25) is 0 Å². The fourth-order valence-electron chi connectivity index (χ4n) is 1.39. The van der Waals surface area contributed by atoms with E-state index in [0.29, 0.717) is 11.6 Å². The summed E-state index contributed by atoms with van der Waals surface area (Å²) in [6.07, 6.45) is 4.76. The molecule has 64 valence electrons. The molecule has 1 saturated carbocycles. The van der Waals surface area contributed by atoms with Crippen molar-refractivity contribution in [1.82, 2.24) is 9.97 Å². The SMILES string of the molecule is Nc1ccnc(C2(N)CCC2)n1. The van der Waals surface area contributed by atoms with E-state index in [-0.39, 0.29) is 5.54 Å². The standard InChI is InChI=1S/C8H12N4/c9-6-2-5-11-7(12-6)8(10)3-1-4-8/h2,5H,1,3-4,10H2,(H2,9,11,12). The topological polar surface area (TPSA) is 77.8 Å². The van der Waals surface area contributed by atoms with Gasteiger partial charge >= 0.3 is 0 Å². The minimum absolute atomic E-state index is 0.296. The Morgan fingerprint density at radius 3 is 2.67 bits per heavy atom. The number of nitrogens with two attached hydrogens (primary N) is 2. The second-order valence-corrected chi connectivity index (χ2v) is 3.31. The van der Waals surface area contributed by atoms with Crippen LogP contribution in [0.15, 0.2) is 12.3 Å². The predicted molar refractivity (Wildman–Crippen MR) is 46.2 cm³/mol. The number of rotatable bonds is 1. The summed E-state index contributed by atoms with van der Waals surface area (Å²) in [5, 5.41) is 0. The van der Waals surface area contributed by atoms with Crippen LogP contribution < -0.4 is 11.5 Å². The molecule has 2 rings (SSSR count). The van der Waals surface area contributed by atoms with Crippen LogP contribution in [-0.4, -0.2) is 9.97 Å². The van der Waals surface area contributed by atoms with E-state index in [0.717, 1.165) is 19.3 Å². The van der Waals surface area contributed by atoms with Crippen molar-refractivity contribution in [2.24, 2.45) is 5.73 Å². The first-order chi connectivity index (χ1) is 5.71. The van der Waals surface area contributed by atoms with E-state index in [2.05, 4.69) is 9.97 Å². The van der Waals surface area contributed by atoms with Crippen molar-refractivity contribution in [3.8, 4) is 0 Å². The summed E-state index contributed by atoms with van der Waals surface area (Å²) in [6, 6.07) is 1.67. The van der Waals surface area contributed by atoms with Crippen LogP contribution in [0.2, 0.25) is 0 Å². The number of nitrogens with zero attached hydrogens (tertiary/aromatic N) is 2. The van der Waals surface area contributed by atoms with E-state index in [1.807, 2.05) is 0 Å². The summed E-state index contributed by atoms with van der Waals surface area (Å²) in [6.45, 7) is 0. The lowest BCUT2D eigenvalue weighted by Crippen LogP contribution is -2.44. The summed E-state index contributed by atoms with van der Waals surface area (Å²) in [4.78, 5) is 8.23. The lowest BCUT2D eigenvalue weighted by atomic mass is 9.77. The molecule has 4 heteroatoms. The first-order valence-electron chi connectivity index (χ1n) is 4.09. The van der Waals surface area contributed by atoms with Crippen molar-refractivity contribution < 1.29 is 0 Å². The summed E-state index contributed by atoms with van der Waals surface area (Å²) in [5.74, 6) is 1.19. The zero-order valence-electron chi connectivity index (χ0n) is 6.83. The first kappa shape index (κ1) is 7.49. The third-order valence-corrected chi connectivity index (χ3v) is 2.37. The van der Waals surface area contributed by atoms with Gasteiger partial charge in [0, 0.05) is 6.20 Å². The maximum atomic E-state index is 6.01. The van der Waals surface area contributed by atoms with Gasteiger partial charge in [0.1, 0.15) is 11.6 Å². The minimum atomic E-state index is -0.296. The summed E-state index contributed by atoms with van der Waals surface area (Å²) >= 11 is 0. The smallest absolute Gasteiger partial charge is 0.150 e. The lowest BCUT2D eigenvalue weighted by molar-refractivity contribution is 0.238. The van der Waals surface area contributed by atoms with Crippen molar-refractivity contribution in [3.63, 3.8) is 0 Å². The van der Waals surface area contributed by atoms with Gasteiger partial charge in [-0.15, -0.1) is 0 Å². The number of hydrogen-bond donors (Lipinski definition) is 2. The van der Waals surface area contributed by atoms with Crippen LogP contribution in [0.1, 0.15) is 25.1 Å². The summed E-state index contributed by atoms with van der Waals surface area (Å²) in [5.41, 5.74) is 11.2. The van der Waals surface area contributed by atoms with Crippen molar-refractivity contribution in [1.29, 1.82) is 0 Å². The largest absolute Gasteiger partial charge is 0.384 e. The Balaban J connectivity index is 2.33. The van der Waals surface area contributed by atoms with Gasteiger partial charge in [-0.2, -0.15) is 0 Å². The molecule has 1 aromatic rings. The molecule has 0 aliphatic heterocycles. The van der Waals surface area contributed by atoms with Gasteiger partial charge < -0.3 is 11.5 Å². The van der Waals surface area contributed by atoms with Crippen molar-refractivity contribution in [2.75, 3.05) is 5.73 Å². The molecule has 0 atom stereocenters. The van der Waals surface area contributed by atoms with Gasteiger partial charge in [0.05, 0.1) is 5.54 Å². The zero-order chi connectivity index (χ0) is 8.60. The average molecular weight is 164 g/mol. The zero-order valence-corrected chi connectivity index (χ0v) is 6.83. The molecule has 0 unspecified atom stereocenters. The van der Waals surface area contributed by atoms with E-state index in [1.54, 1.807) is 12.3 Å². The van der Waals surface area contributed by atoms with Crippen molar-refractivity contribution in [2.45, 2.75) is 24.8 Å². The van der Waals surface area contributed by atoms with Crippen LogP contribution in [-0.2, 0) is 5.54 Å². The van der Waals surface area contributed by atoms with Crippen LogP contribution in [0.25, 0.3) is 0 Å². The molecular weight excluding hydrogens is 152 g/mol. The lowest BCUT2D eigenvalue weighted by Gasteiger charge is -2.36. The molecule has 1 aliphatic rings. The Bertz CT molecular complexity index is 293. The summed E-state index contributed by atoms with van der Waals surface area (Å²) in [7, 11) is 0. The van der Waals surface area contributed by atoms with Crippen LogP contribution >= 0.6 is 0 Å². The molecule has 1 heterocycles. The molecule has 12 heavy (non-hydrogen) atoms. The molecule has 4 nitrogen and oxygen atoms in total. The molecular formula is C8H12N4. The van der Waals surface area contributed by atoms with E-state index >= 15 is 0 Å². The second-order valence-electron chi connectivity index (χ2n) is 3.31. The summed E-state index contributed by atoms with van der Waals surface area (Å²) < 4.78 is 0. The van der Waals surface area contributed by atoms with Crippen molar-refractivity contribution in [3.05, 3.63) is 18.1 Å². The van der Waals surface area contributed by atoms with Crippen LogP contribution in [0.5, 0.6) is 0 Å². The predicted octanol–water partition coefficient (Wildman–Crippen LogP) is 0.397. The molecule has 4 N–H and O–H groups in total. The molecule has 0 radical (unpaired) electrons. The van der Waals surface area contributed by atoms with Gasteiger partial charge in [0.25, 0.3) is 0 Å². The second kappa shape index (κ2) is 2.42. The van der Waals surface area contributed by atoms with Gasteiger partial charge in [0.2, 0.25) is 0 Å². The average Bonchev–Trinajstić information content (AvgIpc) is 2.00. The number of hydrogen-bond acceptors (Lipinski definition) is 4. The van der Waals surface area contributed by atoms with E-state index < -0.39 is 0 Å². The molecule has 1 aliphatic carbocycles. The molecule has 0 spiro atoms. The molecule has 1 fully saturated rings. The van der Waals surface area contributed by atoms with Crippen molar-refractivity contribution >= 4 is 5.82 Å². The third-order valence-electron chi connectivity index (χ3n) is 2.37. The monoisotopic (exact) mass is 164 g/mol. The highest BCUT2D eigenvalue weighted by molar-refractivity contribution is 5.27. The van der Waals surface area contributed by atoms with E-state index in [4.69, 9.17) is 11.5 Å². The van der Waals surface area contributed by atoms with Crippen LogP contribution in [0.3, 0.4) is 0 Å². The van der Waals surface area contributed by atoms with Crippen LogP contribution in [0, 0.1) is 0 Å². The van der Waals surface area contributed by atoms with E-state index in [9.17, 15) is 0 Å². The number of aromatic nitrogens is 2. The van der Waals surface area contributed by atoms with Crippen LogP contribution in [0.4, 0.5) is 5.82 Å². The highest BCUT2D eigenvalue weighted by Crippen LogP contribution is 2.36. The highest BCUT2D eigenvalue weighted by Gasteiger charge is 2.37. The van der Waals surface area contributed by atoms with Gasteiger partial charge in [-0.1, -0.05) is 0 Å². The Hall–Kier alpha value is -1.16. The molecule has 0 saturated heterocycles. The number of anilines is 1. The Morgan fingerprint density at radius 2 is 2.17 bits per heavy atom. The Morgan fingerprint density at radius 1 is 1.42 bits per heavy atom. The normalized spacial score (nSPS) is 20.1. The van der Waals surface area contributed by atoms with Gasteiger partial charge in [0.15, 0.2) is 0 Å². The molecule has 0 amide bonds. The van der Waals surface area contributed by atoms with E-state index in [1.165, 1.54) is 0 Å². The third kappa shape index (κ3) is 1.04. The molecule has 0 bridgehead atoms.